The van der Waals surface area contributed by atoms with Crippen molar-refractivity contribution in [1.29, 1.82) is 0 Å². The lowest BCUT2D eigenvalue weighted by molar-refractivity contribution is -0.141. The van der Waals surface area contributed by atoms with E-state index in [1.807, 2.05) is 31.5 Å². The highest BCUT2D eigenvalue weighted by Gasteiger charge is 2.43. The second-order valence-corrected chi connectivity index (χ2v) is 7.76. The van der Waals surface area contributed by atoms with Gasteiger partial charge in [-0.25, -0.2) is 0 Å². The Morgan fingerprint density at radius 2 is 1.83 bits per heavy atom. The first kappa shape index (κ1) is 17.4. The molecular weight excluding hydrogens is 302 g/mol. The Labute approximate surface area is 145 Å². The number of rotatable bonds is 2. The summed E-state index contributed by atoms with van der Waals surface area (Å²) in [6.07, 6.45) is 2.27. The topological polar surface area (TPSA) is 44.6 Å². The molecule has 24 heavy (non-hydrogen) atoms. The summed E-state index contributed by atoms with van der Waals surface area (Å²) in [5.74, 6) is 0.201. The number of carbonyl (C=O) groups excluding carboxylic acids is 1. The molecule has 134 valence electrons. The number of hydrogen-bond acceptors (Lipinski definition) is 4. The predicted molar refractivity (Wildman–Crippen MR) is 95.1 cm³/mol. The fraction of sp³-hybridized carbons (Fsp3) is 0.778. The van der Waals surface area contributed by atoms with Crippen molar-refractivity contribution in [2.75, 3.05) is 46.8 Å². The van der Waals surface area contributed by atoms with Gasteiger partial charge in [0.25, 0.3) is 0 Å². The molecule has 1 aromatic heterocycles. The van der Waals surface area contributed by atoms with Crippen molar-refractivity contribution in [3.8, 4) is 0 Å². The molecule has 2 aliphatic rings. The summed E-state index contributed by atoms with van der Waals surface area (Å²) in [6, 6.07) is 1.80. The minimum absolute atomic E-state index is 0.148. The molecule has 6 nitrogen and oxygen atoms in total. The maximum absolute atomic E-state index is 13.1. The maximum atomic E-state index is 13.1. The van der Waals surface area contributed by atoms with E-state index in [9.17, 15) is 4.79 Å². The smallest absolute Gasteiger partial charge is 0.247 e. The second kappa shape index (κ2) is 6.48. The highest BCUT2D eigenvalue weighted by molar-refractivity contribution is 5.80. The molecule has 0 bridgehead atoms. The largest absolute Gasteiger partial charge is 0.338 e. The lowest BCUT2D eigenvalue weighted by atomic mass is 9.83. The lowest BCUT2D eigenvalue weighted by Crippen LogP contribution is -2.65. The molecule has 0 aromatic carbocycles. The summed E-state index contributed by atoms with van der Waals surface area (Å²) in [5, 5.41) is 4.51. The molecule has 3 heterocycles. The monoisotopic (exact) mass is 333 g/mol. The number of likely N-dealkylation sites (tertiary alicyclic amines) is 1. The van der Waals surface area contributed by atoms with Crippen LogP contribution in [0.3, 0.4) is 0 Å². The third-order valence-electron chi connectivity index (χ3n) is 6.00. The Kier molecular flexibility index (Phi) is 4.71. The van der Waals surface area contributed by atoms with Gasteiger partial charge in [-0.1, -0.05) is 0 Å². The molecule has 1 aromatic rings. The first-order chi connectivity index (χ1) is 11.3. The second-order valence-electron chi connectivity index (χ2n) is 7.76. The standard InChI is InChI=1S/C18H31N5O/c1-14-12-15(2)23(19-14)16(3)17(24)22-11-10-21(5)18(13-22)6-8-20(4)9-7-18/h12,16H,6-11,13H2,1-5H3. The first-order valence-corrected chi connectivity index (χ1v) is 9.04. The van der Waals surface area contributed by atoms with Gasteiger partial charge in [0.2, 0.25) is 5.91 Å². The molecule has 1 spiro atoms. The molecule has 3 rings (SSSR count). The van der Waals surface area contributed by atoms with Gasteiger partial charge in [-0.05, 0) is 66.9 Å². The van der Waals surface area contributed by atoms with Crippen molar-refractivity contribution in [2.24, 2.45) is 0 Å². The molecule has 2 saturated heterocycles. The van der Waals surface area contributed by atoms with Crippen LogP contribution in [0, 0.1) is 13.8 Å². The van der Waals surface area contributed by atoms with Crippen LogP contribution in [0.4, 0.5) is 0 Å². The summed E-state index contributed by atoms with van der Waals surface area (Å²) < 4.78 is 1.87. The molecule has 0 N–H and O–H groups in total. The molecule has 6 heteroatoms. The molecule has 0 radical (unpaired) electrons. The van der Waals surface area contributed by atoms with Gasteiger partial charge in [0.1, 0.15) is 6.04 Å². The number of hydrogen-bond donors (Lipinski definition) is 0. The summed E-state index contributed by atoms with van der Waals surface area (Å²) >= 11 is 0. The SMILES string of the molecule is Cc1cc(C)n(C(C)C(=O)N2CCN(C)C3(CCN(C)CC3)C2)n1. The van der Waals surface area contributed by atoms with Crippen LogP contribution >= 0.6 is 0 Å². The summed E-state index contributed by atoms with van der Waals surface area (Å²) in [7, 11) is 4.40. The van der Waals surface area contributed by atoms with E-state index in [-0.39, 0.29) is 17.5 Å². The molecule has 2 fully saturated rings. The Hall–Kier alpha value is -1.40. The van der Waals surface area contributed by atoms with E-state index < -0.39 is 0 Å². The molecule has 1 atom stereocenters. The minimum atomic E-state index is -0.231. The van der Waals surface area contributed by atoms with Crippen LogP contribution in [0.1, 0.15) is 37.2 Å². The van der Waals surface area contributed by atoms with Gasteiger partial charge in [-0.2, -0.15) is 5.10 Å². The van der Waals surface area contributed by atoms with Crippen molar-refractivity contribution in [3.63, 3.8) is 0 Å². The van der Waals surface area contributed by atoms with Crippen molar-refractivity contribution < 1.29 is 4.79 Å². The van der Waals surface area contributed by atoms with E-state index in [2.05, 4.69) is 33.9 Å². The molecule has 1 amide bonds. The number of aryl methyl sites for hydroxylation is 2. The Balaban J connectivity index is 1.74. The van der Waals surface area contributed by atoms with Gasteiger partial charge in [-0.3, -0.25) is 14.4 Å². The van der Waals surface area contributed by atoms with Crippen LogP contribution in [0.5, 0.6) is 0 Å². The highest BCUT2D eigenvalue weighted by Crippen LogP contribution is 2.32. The zero-order chi connectivity index (χ0) is 17.5. The number of amides is 1. The third kappa shape index (κ3) is 3.09. The van der Waals surface area contributed by atoms with Crippen LogP contribution in [0.25, 0.3) is 0 Å². The van der Waals surface area contributed by atoms with Gasteiger partial charge in [0, 0.05) is 30.9 Å². The van der Waals surface area contributed by atoms with Crippen LogP contribution in [0.2, 0.25) is 0 Å². The number of aromatic nitrogens is 2. The van der Waals surface area contributed by atoms with Crippen molar-refractivity contribution in [2.45, 2.75) is 45.2 Å². The predicted octanol–water partition coefficient (Wildman–Crippen LogP) is 1.30. The van der Waals surface area contributed by atoms with Crippen LogP contribution in [-0.4, -0.2) is 82.7 Å². The van der Waals surface area contributed by atoms with Gasteiger partial charge in [-0.15, -0.1) is 0 Å². The molecule has 0 saturated carbocycles. The van der Waals surface area contributed by atoms with Crippen molar-refractivity contribution in [1.82, 2.24) is 24.5 Å². The molecule has 0 aliphatic carbocycles. The van der Waals surface area contributed by atoms with E-state index in [1.54, 1.807) is 0 Å². The summed E-state index contributed by atoms with van der Waals surface area (Å²) in [5.41, 5.74) is 2.17. The zero-order valence-electron chi connectivity index (χ0n) is 15.7. The Morgan fingerprint density at radius 3 is 2.42 bits per heavy atom. The zero-order valence-corrected chi connectivity index (χ0v) is 15.7. The minimum Gasteiger partial charge on any atom is -0.338 e. The average molecular weight is 333 g/mol. The molecule has 2 aliphatic heterocycles. The lowest BCUT2D eigenvalue weighted by Gasteiger charge is -2.53. The number of piperidine rings is 1. The van der Waals surface area contributed by atoms with Gasteiger partial charge < -0.3 is 9.80 Å². The third-order valence-corrected chi connectivity index (χ3v) is 6.00. The van der Waals surface area contributed by atoms with Gasteiger partial charge in [0.05, 0.1) is 5.69 Å². The summed E-state index contributed by atoms with van der Waals surface area (Å²) in [6.45, 7) is 10.8. The quantitative estimate of drug-likeness (QED) is 0.818. The van der Waals surface area contributed by atoms with Crippen molar-refractivity contribution >= 4 is 5.91 Å². The normalized spacial score (nSPS) is 23.6. The summed E-state index contributed by atoms with van der Waals surface area (Å²) in [4.78, 5) is 20.0. The Bertz CT molecular complexity index is 603. The number of likely N-dealkylation sites (N-methyl/N-ethyl adjacent to an activating group) is 1. The van der Waals surface area contributed by atoms with Gasteiger partial charge >= 0.3 is 0 Å². The molecule has 1 unspecified atom stereocenters. The van der Waals surface area contributed by atoms with E-state index in [0.717, 1.165) is 57.0 Å². The van der Waals surface area contributed by atoms with E-state index >= 15 is 0 Å². The van der Waals surface area contributed by atoms with Crippen molar-refractivity contribution in [3.05, 3.63) is 17.5 Å². The van der Waals surface area contributed by atoms with E-state index in [4.69, 9.17) is 0 Å². The fourth-order valence-electron chi connectivity index (χ4n) is 4.23. The number of carbonyl (C=O) groups is 1. The van der Waals surface area contributed by atoms with Crippen LogP contribution in [-0.2, 0) is 4.79 Å². The van der Waals surface area contributed by atoms with Gasteiger partial charge in [0.15, 0.2) is 0 Å². The average Bonchev–Trinajstić information content (AvgIpc) is 2.90. The van der Waals surface area contributed by atoms with Crippen LogP contribution in [0.15, 0.2) is 6.07 Å². The maximum Gasteiger partial charge on any atom is 0.247 e. The highest BCUT2D eigenvalue weighted by atomic mass is 16.2. The Morgan fingerprint density at radius 1 is 1.17 bits per heavy atom. The fourth-order valence-corrected chi connectivity index (χ4v) is 4.23. The number of piperazine rings is 1. The van der Waals surface area contributed by atoms with E-state index in [0.29, 0.717) is 0 Å². The van der Waals surface area contributed by atoms with Crippen LogP contribution < -0.4 is 0 Å². The van der Waals surface area contributed by atoms with E-state index in [1.165, 1.54) is 0 Å². The molecular formula is C18H31N5O. The first-order valence-electron chi connectivity index (χ1n) is 9.04. The number of nitrogens with zero attached hydrogens (tertiary/aromatic N) is 5.